The molecule has 11 nitrogen and oxygen atoms in total. The maximum absolute atomic E-state index is 12.7. The number of anilines is 1. The number of ketones is 1. The molecule has 5 rings (SSSR count). The molecule has 0 radical (unpaired) electrons. The van der Waals surface area contributed by atoms with Gasteiger partial charge in [-0.05, 0) is 47.7 Å². The van der Waals surface area contributed by atoms with Crippen LogP contribution in [0.5, 0.6) is 0 Å². The summed E-state index contributed by atoms with van der Waals surface area (Å²) in [4.78, 5) is 33.9. The number of H-pyrrole nitrogens is 1. The number of nitrogens with two attached hydrogens (primary N) is 1. The zero-order valence-corrected chi connectivity index (χ0v) is 24.3. The summed E-state index contributed by atoms with van der Waals surface area (Å²) in [6, 6.07) is 11.8. The first-order valence-corrected chi connectivity index (χ1v) is 14.0. The summed E-state index contributed by atoms with van der Waals surface area (Å²) in [5.41, 5.74) is 11.8. The molecule has 0 saturated heterocycles. The van der Waals surface area contributed by atoms with Crippen molar-refractivity contribution >= 4 is 22.5 Å². The Hall–Kier alpha value is -4.48. The number of aliphatic hydroxyl groups is 1. The van der Waals surface area contributed by atoms with E-state index in [1.54, 1.807) is 6.20 Å². The zero-order chi connectivity index (χ0) is 29.9. The molecule has 4 aromatic heterocycles. The minimum Gasteiger partial charge on any atom is -0.392 e. The number of hydrogen-bond acceptors (Lipinski definition) is 10. The number of nitrogens with one attached hydrogen (secondary N) is 2. The number of benzene rings is 1. The van der Waals surface area contributed by atoms with Gasteiger partial charge in [-0.25, -0.2) is 9.97 Å². The highest BCUT2D eigenvalue weighted by Gasteiger charge is 2.24. The van der Waals surface area contributed by atoms with Crippen LogP contribution in [0.15, 0.2) is 53.4 Å². The average Bonchev–Trinajstić information content (AvgIpc) is 3.67. The Labute approximate surface area is 244 Å². The first kappa shape index (κ1) is 29.0. The van der Waals surface area contributed by atoms with Gasteiger partial charge in [0.2, 0.25) is 5.78 Å². The maximum atomic E-state index is 12.7. The summed E-state index contributed by atoms with van der Waals surface area (Å²) < 4.78 is 5.21. The summed E-state index contributed by atoms with van der Waals surface area (Å²) in [7, 11) is 0. The molecular formula is C31H36N8O3. The highest BCUT2D eigenvalue weighted by molar-refractivity contribution is 5.94. The average molecular weight is 569 g/mol. The molecule has 0 fully saturated rings. The molecule has 4 heterocycles. The molecule has 11 heteroatoms. The van der Waals surface area contributed by atoms with E-state index in [-0.39, 0.29) is 36.0 Å². The Morgan fingerprint density at radius 3 is 2.67 bits per heavy atom. The van der Waals surface area contributed by atoms with Gasteiger partial charge in [0.05, 0.1) is 35.6 Å². The van der Waals surface area contributed by atoms with Crippen molar-refractivity contribution in [3.8, 4) is 22.6 Å². The fourth-order valence-electron chi connectivity index (χ4n) is 4.80. The van der Waals surface area contributed by atoms with Crippen molar-refractivity contribution in [2.45, 2.75) is 58.5 Å². The quantitative estimate of drug-likeness (QED) is 0.159. The number of aromatic nitrogens is 6. The first-order chi connectivity index (χ1) is 20.2. The molecule has 0 spiro atoms. The van der Waals surface area contributed by atoms with Crippen molar-refractivity contribution in [2.24, 2.45) is 5.73 Å². The van der Waals surface area contributed by atoms with Crippen molar-refractivity contribution in [1.29, 1.82) is 0 Å². The number of nitrogens with zero attached hydrogens (tertiary/aromatic N) is 5. The van der Waals surface area contributed by atoms with Gasteiger partial charge in [-0.3, -0.25) is 9.78 Å². The van der Waals surface area contributed by atoms with Crippen molar-refractivity contribution in [3.05, 3.63) is 71.8 Å². The van der Waals surface area contributed by atoms with Gasteiger partial charge in [-0.15, -0.1) is 0 Å². The fourth-order valence-corrected chi connectivity index (χ4v) is 4.80. The number of rotatable bonds is 11. The Balaban J connectivity index is 1.34. The summed E-state index contributed by atoms with van der Waals surface area (Å²) in [6.07, 6.45) is 4.13. The van der Waals surface area contributed by atoms with Crippen LogP contribution < -0.4 is 11.1 Å². The molecule has 0 saturated carbocycles. The topological polar surface area (TPSA) is 169 Å². The number of fused-ring (bicyclic) bond motifs is 1. The van der Waals surface area contributed by atoms with Crippen LogP contribution in [0.2, 0.25) is 0 Å². The SMILES string of the molecule is C[C@@H](CCC(=O)c1nc(C(C)(C)C)no1)c1ccc(-c2ncnc3[nH]c(-c4ccc(NCCN)cn4)cc23)cc1CO. The Morgan fingerprint density at radius 2 is 1.98 bits per heavy atom. The maximum Gasteiger partial charge on any atom is 0.294 e. The van der Waals surface area contributed by atoms with Crippen LogP contribution in [0.3, 0.4) is 0 Å². The van der Waals surface area contributed by atoms with Crippen LogP contribution in [0.25, 0.3) is 33.7 Å². The van der Waals surface area contributed by atoms with Gasteiger partial charge < -0.3 is 25.7 Å². The molecule has 1 aromatic carbocycles. The van der Waals surface area contributed by atoms with Gasteiger partial charge in [0.1, 0.15) is 12.0 Å². The van der Waals surface area contributed by atoms with E-state index in [4.69, 9.17) is 10.3 Å². The van der Waals surface area contributed by atoms with Crippen molar-refractivity contribution in [1.82, 2.24) is 30.1 Å². The molecule has 5 aromatic rings. The minimum atomic E-state index is -0.297. The molecule has 0 unspecified atom stereocenters. The summed E-state index contributed by atoms with van der Waals surface area (Å²) in [5, 5.41) is 18.3. The fraction of sp³-hybridized carbons (Fsp3) is 0.355. The summed E-state index contributed by atoms with van der Waals surface area (Å²) >= 11 is 0. The molecule has 0 bridgehead atoms. The predicted octanol–water partition coefficient (Wildman–Crippen LogP) is 5.00. The smallest absolute Gasteiger partial charge is 0.294 e. The normalized spacial score (nSPS) is 12.5. The third kappa shape index (κ3) is 6.22. The highest BCUT2D eigenvalue weighted by atomic mass is 16.5. The molecule has 0 aliphatic heterocycles. The van der Waals surface area contributed by atoms with Gasteiger partial charge in [-0.2, -0.15) is 4.98 Å². The lowest BCUT2D eigenvalue weighted by Crippen LogP contribution is -2.13. The lowest BCUT2D eigenvalue weighted by Gasteiger charge is -2.16. The van der Waals surface area contributed by atoms with Crippen LogP contribution in [0.1, 0.15) is 74.1 Å². The van der Waals surface area contributed by atoms with Crippen LogP contribution >= 0.6 is 0 Å². The molecule has 0 aliphatic rings. The molecule has 0 amide bonds. The number of Topliss-reactive ketones (excluding diaryl/α,β-unsaturated/α-hetero) is 1. The van der Waals surface area contributed by atoms with Crippen molar-refractivity contribution in [3.63, 3.8) is 0 Å². The van der Waals surface area contributed by atoms with Crippen molar-refractivity contribution in [2.75, 3.05) is 18.4 Å². The second kappa shape index (κ2) is 12.2. The summed E-state index contributed by atoms with van der Waals surface area (Å²) in [6.45, 7) is 9.03. The van der Waals surface area contributed by atoms with Crippen molar-refractivity contribution < 1.29 is 14.4 Å². The number of aromatic amines is 1. The van der Waals surface area contributed by atoms with Crippen LogP contribution in [-0.2, 0) is 12.0 Å². The van der Waals surface area contributed by atoms with E-state index in [1.807, 2.05) is 64.1 Å². The predicted molar refractivity (Wildman–Crippen MR) is 161 cm³/mol. The number of pyridine rings is 1. The number of hydrogen-bond donors (Lipinski definition) is 4. The number of carbonyl (C=O) groups is 1. The van der Waals surface area contributed by atoms with E-state index < -0.39 is 0 Å². The van der Waals surface area contributed by atoms with Gasteiger partial charge in [0.15, 0.2) is 5.82 Å². The van der Waals surface area contributed by atoms with E-state index in [2.05, 4.69) is 35.4 Å². The van der Waals surface area contributed by atoms with Gasteiger partial charge >= 0.3 is 0 Å². The largest absolute Gasteiger partial charge is 0.392 e. The van der Waals surface area contributed by atoms with Crippen LogP contribution in [0, 0.1) is 0 Å². The Morgan fingerprint density at radius 1 is 1.14 bits per heavy atom. The minimum absolute atomic E-state index is 0.0211. The third-order valence-corrected chi connectivity index (χ3v) is 7.20. The van der Waals surface area contributed by atoms with E-state index in [9.17, 15) is 9.90 Å². The third-order valence-electron chi connectivity index (χ3n) is 7.20. The number of carbonyl (C=O) groups excluding carboxylic acids is 1. The lowest BCUT2D eigenvalue weighted by atomic mass is 9.89. The second-order valence-electron chi connectivity index (χ2n) is 11.4. The van der Waals surface area contributed by atoms with E-state index in [0.717, 1.165) is 44.8 Å². The van der Waals surface area contributed by atoms with Crippen LogP contribution in [0.4, 0.5) is 5.69 Å². The first-order valence-electron chi connectivity index (χ1n) is 14.0. The Kier molecular flexibility index (Phi) is 8.41. The number of aliphatic hydroxyl groups excluding tert-OH is 1. The molecule has 218 valence electrons. The zero-order valence-electron chi connectivity index (χ0n) is 24.3. The standard InChI is InChI=1S/C31H36N8O3/c1-18(5-10-26(41)29-38-30(39-42-29)31(2,3)4)22-8-6-19(13-20(22)16-40)27-23-14-25(37-28(23)36-17-35-27)24-9-7-21(15-34-24)33-12-11-32/h6-9,13-15,17-18,33,40H,5,10-12,16,32H2,1-4H3,(H,35,36,37)/t18-/m0/s1. The lowest BCUT2D eigenvalue weighted by molar-refractivity contribution is 0.0935. The molecule has 5 N–H and O–H groups in total. The molecule has 1 atom stereocenters. The van der Waals surface area contributed by atoms with Gasteiger partial charge in [-0.1, -0.05) is 45.0 Å². The molecular weight excluding hydrogens is 532 g/mol. The van der Waals surface area contributed by atoms with E-state index in [0.29, 0.717) is 31.0 Å². The second-order valence-corrected chi connectivity index (χ2v) is 11.4. The Bertz CT molecular complexity index is 1680. The van der Waals surface area contributed by atoms with E-state index in [1.165, 1.54) is 6.33 Å². The van der Waals surface area contributed by atoms with Gasteiger partial charge in [0, 0.05) is 35.9 Å². The van der Waals surface area contributed by atoms with E-state index >= 15 is 0 Å². The summed E-state index contributed by atoms with van der Waals surface area (Å²) in [5.74, 6) is 0.385. The molecule has 42 heavy (non-hydrogen) atoms. The molecule has 0 aliphatic carbocycles. The van der Waals surface area contributed by atoms with Gasteiger partial charge in [0.25, 0.3) is 5.89 Å². The monoisotopic (exact) mass is 568 g/mol. The van der Waals surface area contributed by atoms with Crippen LogP contribution in [-0.4, -0.2) is 54.1 Å². The highest BCUT2D eigenvalue weighted by Crippen LogP contribution is 2.33.